The van der Waals surface area contributed by atoms with Gasteiger partial charge >= 0.3 is 0 Å². The van der Waals surface area contributed by atoms with E-state index in [4.69, 9.17) is 11.6 Å². The Morgan fingerprint density at radius 3 is 2.73 bits per heavy atom. The van der Waals surface area contributed by atoms with Crippen LogP contribution in [0.2, 0.25) is 5.02 Å². The van der Waals surface area contributed by atoms with Crippen molar-refractivity contribution in [1.82, 2.24) is 0 Å². The number of hydrogen-bond acceptors (Lipinski definition) is 1. The Hall–Kier alpha value is -0.280. The second-order valence-corrected chi connectivity index (χ2v) is 4.64. The summed E-state index contributed by atoms with van der Waals surface area (Å²) in [6.07, 6.45) is 3.46. The number of anilines is 1. The van der Waals surface area contributed by atoms with E-state index in [2.05, 4.69) is 28.2 Å². The third-order valence-corrected chi connectivity index (χ3v) is 3.01. The van der Waals surface area contributed by atoms with Crippen molar-refractivity contribution in [3.8, 4) is 0 Å². The molecule has 1 aromatic carbocycles. The molecule has 0 atom stereocenters. The quantitative estimate of drug-likeness (QED) is 0.766. The first kappa shape index (κ1) is 12.8. The van der Waals surface area contributed by atoms with Gasteiger partial charge in [-0.1, -0.05) is 31.4 Å². The van der Waals surface area contributed by atoms with Gasteiger partial charge < -0.3 is 5.32 Å². The molecule has 1 nitrogen and oxygen atoms in total. The zero-order valence-corrected chi connectivity index (χ0v) is 11.0. The Morgan fingerprint density at radius 1 is 1.40 bits per heavy atom. The van der Waals surface area contributed by atoms with Crippen LogP contribution in [0.15, 0.2) is 16.6 Å². The SMILES string of the molecule is CCCCCNc1c(Cl)cc(F)cc1Br. The van der Waals surface area contributed by atoms with Crippen LogP contribution in [-0.4, -0.2) is 6.54 Å². The Balaban J connectivity index is 2.60. The molecule has 0 aliphatic carbocycles. The predicted molar refractivity (Wildman–Crippen MR) is 67.1 cm³/mol. The second-order valence-electron chi connectivity index (χ2n) is 3.38. The van der Waals surface area contributed by atoms with E-state index in [-0.39, 0.29) is 5.82 Å². The lowest BCUT2D eigenvalue weighted by molar-refractivity contribution is 0.627. The zero-order chi connectivity index (χ0) is 11.3. The molecule has 1 rings (SSSR count). The molecular formula is C11H14BrClFN. The lowest BCUT2D eigenvalue weighted by atomic mass is 10.2. The van der Waals surface area contributed by atoms with Crippen molar-refractivity contribution in [2.45, 2.75) is 26.2 Å². The van der Waals surface area contributed by atoms with E-state index in [9.17, 15) is 4.39 Å². The summed E-state index contributed by atoms with van der Waals surface area (Å²) in [7, 11) is 0. The maximum Gasteiger partial charge on any atom is 0.125 e. The Morgan fingerprint density at radius 2 is 2.13 bits per heavy atom. The van der Waals surface area contributed by atoms with Gasteiger partial charge in [0, 0.05) is 11.0 Å². The summed E-state index contributed by atoms with van der Waals surface area (Å²) in [5.74, 6) is -0.328. The Labute approximate surface area is 103 Å². The number of nitrogens with one attached hydrogen (secondary N) is 1. The van der Waals surface area contributed by atoms with Crippen LogP contribution in [0.25, 0.3) is 0 Å². The molecule has 1 N–H and O–H groups in total. The topological polar surface area (TPSA) is 12.0 Å². The first-order valence-corrected chi connectivity index (χ1v) is 6.20. The summed E-state index contributed by atoms with van der Waals surface area (Å²) in [5.41, 5.74) is 0.772. The van der Waals surface area contributed by atoms with Gasteiger partial charge in [0.15, 0.2) is 0 Å². The van der Waals surface area contributed by atoms with E-state index in [0.29, 0.717) is 9.50 Å². The van der Waals surface area contributed by atoms with Crippen molar-refractivity contribution in [2.24, 2.45) is 0 Å². The third kappa shape index (κ3) is 3.99. The molecule has 0 unspecified atom stereocenters. The van der Waals surface area contributed by atoms with Crippen LogP contribution in [0.3, 0.4) is 0 Å². The van der Waals surface area contributed by atoms with E-state index >= 15 is 0 Å². The molecule has 4 heteroatoms. The van der Waals surface area contributed by atoms with E-state index in [1.165, 1.54) is 25.0 Å². The number of halogens is 3. The molecule has 1 aromatic rings. The fourth-order valence-electron chi connectivity index (χ4n) is 1.30. The van der Waals surface area contributed by atoms with Gasteiger partial charge in [0.05, 0.1) is 10.7 Å². The lowest BCUT2D eigenvalue weighted by Gasteiger charge is -2.10. The van der Waals surface area contributed by atoms with Gasteiger partial charge in [-0.05, 0) is 34.5 Å². The summed E-state index contributed by atoms with van der Waals surface area (Å²) < 4.78 is 13.6. The number of hydrogen-bond donors (Lipinski definition) is 1. The molecule has 0 bridgehead atoms. The fourth-order valence-corrected chi connectivity index (χ4v) is 2.26. The molecule has 0 fully saturated rings. The molecule has 0 radical (unpaired) electrons. The minimum Gasteiger partial charge on any atom is -0.383 e. The third-order valence-electron chi connectivity index (χ3n) is 2.09. The Kier molecular flexibility index (Phi) is 5.40. The summed E-state index contributed by atoms with van der Waals surface area (Å²) >= 11 is 9.20. The van der Waals surface area contributed by atoms with Gasteiger partial charge in [-0.15, -0.1) is 0 Å². The summed E-state index contributed by atoms with van der Waals surface area (Å²) in [6, 6.07) is 2.72. The van der Waals surface area contributed by atoms with Crippen molar-refractivity contribution in [1.29, 1.82) is 0 Å². The highest BCUT2D eigenvalue weighted by atomic mass is 79.9. The van der Waals surface area contributed by atoms with E-state index in [0.717, 1.165) is 18.7 Å². The minimum atomic E-state index is -0.328. The highest BCUT2D eigenvalue weighted by Crippen LogP contribution is 2.31. The smallest absolute Gasteiger partial charge is 0.125 e. The molecule has 84 valence electrons. The standard InChI is InChI=1S/C11H14BrClFN/c1-2-3-4-5-15-11-9(12)6-8(14)7-10(11)13/h6-7,15H,2-5H2,1H3. The van der Waals surface area contributed by atoms with Crippen molar-refractivity contribution < 1.29 is 4.39 Å². The van der Waals surface area contributed by atoms with Crippen LogP contribution in [0.5, 0.6) is 0 Å². The van der Waals surface area contributed by atoms with Gasteiger partial charge in [0.2, 0.25) is 0 Å². The van der Waals surface area contributed by atoms with E-state index in [1.54, 1.807) is 0 Å². The van der Waals surface area contributed by atoms with Crippen LogP contribution in [-0.2, 0) is 0 Å². The molecule has 15 heavy (non-hydrogen) atoms. The summed E-state index contributed by atoms with van der Waals surface area (Å²) in [4.78, 5) is 0. The maximum absolute atomic E-state index is 12.9. The van der Waals surface area contributed by atoms with Crippen LogP contribution in [0.1, 0.15) is 26.2 Å². The normalized spacial score (nSPS) is 10.4. The summed E-state index contributed by atoms with van der Waals surface area (Å²) in [5, 5.41) is 3.61. The van der Waals surface area contributed by atoms with Gasteiger partial charge in [-0.3, -0.25) is 0 Å². The van der Waals surface area contributed by atoms with Gasteiger partial charge in [-0.2, -0.15) is 0 Å². The molecule has 0 aliphatic rings. The molecular weight excluding hydrogens is 280 g/mol. The first-order chi connectivity index (χ1) is 7.15. The summed E-state index contributed by atoms with van der Waals surface area (Å²) in [6.45, 7) is 3.01. The highest BCUT2D eigenvalue weighted by molar-refractivity contribution is 9.10. The molecule has 0 aromatic heterocycles. The highest BCUT2D eigenvalue weighted by Gasteiger charge is 2.06. The molecule has 0 heterocycles. The van der Waals surface area contributed by atoms with Crippen LogP contribution in [0.4, 0.5) is 10.1 Å². The first-order valence-electron chi connectivity index (χ1n) is 5.03. The largest absolute Gasteiger partial charge is 0.383 e. The van der Waals surface area contributed by atoms with E-state index in [1.807, 2.05) is 0 Å². The predicted octanol–water partition coefficient (Wildman–Crippen LogP) is 4.84. The maximum atomic E-state index is 12.9. The van der Waals surface area contributed by atoms with Crippen LogP contribution >= 0.6 is 27.5 Å². The van der Waals surface area contributed by atoms with Gasteiger partial charge in [0.25, 0.3) is 0 Å². The van der Waals surface area contributed by atoms with Gasteiger partial charge in [-0.25, -0.2) is 4.39 Å². The minimum absolute atomic E-state index is 0.328. The van der Waals surface area contributed by atoms with Crippen molar-refractivity contribution in [2.75, 3.05) is 11.9 Å². The van der Waals surface area contributed by atoms with Crippen molar-refractivity contribution >= 4 is 33.2 Å². The monoisotopic (exact) mass is 293 g/mol. The molecule has 0 saturated carbocycles. The fraction of sp³-hybridized carbons (Fsp3) is 0.455. The Bertz CT molecular complexity index is 307. The van der Waals surface area contributed by atoms with E-state index < -0.39 is 0 Å². The molecule has 0 saturated heterocycles. The van der Waals surface area contributed by atoms with Crippen LogP contribution in [0, 0.1) is 5.82 Å². The number of rotatable bonds is 5. The molecule has 0 amide bonds. The van der Waals surface area contributed by atoms with Crippen molar-refractivity contribution in [3.63, 3.8) is 0 Å². The van der Waals surface area contributed by atoms with Crippen LogP contribution < -0.4 is 5.32 Å². The average Bonchev–Trinajstić information content (AvgIpc) is 2.15. The average molecular weight is 295 g/mol. The zero-order valence-electron chi connectivity index (χ0n) is 8.62. The molecule has 0 spiro atoms. The number of benzene rings is 1. The van der Waals surface area contributed by atoms with Crippen molar-refractivity contribution in [3.05, 3.63) is 27.4 Å². The number of unbranched alkanes of at least 4 members (excludes halogenated alkanes) is 2. The van der Waals surface area contributed by atoms with Gasteiger partial charge in [0.1, 0.15) is 5.82 Å². The molecule has 0 aliphatic heterocycles. The second kappa shape index (κ2) is 6.33. The lowest BCUT2D eigenvalue weighted by Crippen LogP contribution is -2.02.